The molecule has 0 aliphatic heterocycles. The smallest absolute Gasteiger partial charge is 0.180 e. The highest BCUT2D eigenvalue weighted by Crippen LogP contribution is 2.19. The molecule has 0 bridgehead atoms. The zero-order valence-electron chi connectivity index (χ0n) is 10.9. The molecule has 0 aliphatic rings. The molecule has 0 heterocycles. The van der Waals surface area contributed by atoms with Crippen LogP contribution in [0.1, 0.15) is 39.2 Å². The van der Waals surface area contributed by atoms with Crippen molar-refractivity contribution in [3.05, 3.63) is 29.8 Å². The maximum Gasteiger partial charge on any atom is 0.180 e. The summed E-state index contributed by atoms with van der Waals surface area (Å²) in [5, 5.41) is 0. The number of sulfone groups is 1. The lowest BCUT2D eigenvalue weighted by molar-refractivity contribution is 0.544. The van der Waals surface area contributed by atoms with E-state index in [0.29, 0.717) is 10.8 Å². The molecule has 0 aliphatic carbocycles. The van der Waals surface area contributed by atoms with Crippen molar-refractivity contribution in [1.29, 1.82) is 0 Å². The highest BCUT2D eigenvalue weighted by atomic mass is 32.2. The monoisotopic (exact) mass is 255 g/mol. The molecular formula is C13H21NO2S. The standard InChI is InChI=1S/C13H21NO2S/c1-10(2)11-5-7-12(8-6-11)17(15,16)9-13(3,4)14/h5-8,10H,9,14H2,1-4H3. The van der Waals surface area contributed by atoms with Gasteiger partial charge in [0.25, 0.3) is 0 Å². The van der Waals surface area contributed by atoms with Gasteiger partial charge in [-0.1, -0.05) is 26.0 Å². The Labute approximate surface area is 104 Å². The fraction of sp³-hybridized carbons (Fsp3) is 0.538. The van der Waals surface area contributed by atoms with Crippen LogP contribution < -0.4 is 5.73 Å². The Kier molecular flexibility index (Phi) is 3.99. The lowest BCUT2D eigenvalue weighted by atomic mass is 10.0. The van der Waals surface area contributed by atoms with Crippen LogP contribution in [0.25, 0.3) is 0 Å². The van der Waals surface area contributed by atoms with Crippen LogP contribution in [0.3, 0.4) is 0 Å². The average Bonchev–Trinajstić information content (AvgIpc) is 2.14. The van der Waals surface area contributed by atoms with E-state index in [2.05, 4.69) is 13.8 Å². The quantitative estimate of drug-likeness (QED) is 0.898. The number of hydrogen-bond donors (Lipinski definition) is 1. The first-order valence-corrected chi connectivity index (χ1v) is 7.39. The minimum Gasteiger partial charge on any atom is -0.325 e. The average molecular weight is 255 g/mol. The summed E-state index contributed by atoms with van der Waals surface area (Å²) in [6.45, 7) is 7.58. The second-order valence-corrected chi connectivity index (χ2v) is 7.46. The third-order valence-corrected chi connectivity index (χ3v) is 4.58. The third-order valence-electron chi connectivity index (χ3n) is 2.47. The van der Waals surface area contributed by atoms with E-state index in [1.165, 1.54) is 0 Å². The van der Waals surface area contributed by atoms with E-state index in [1.807, 2.05) is 12.1 Å². The first kappa shape index (κ1) is 14.2. The number of nitrogens with two attached hydrogens (primary N) is 1. The molecule has 2 N–H and O–H groups in total. The molecule has 0 saturated carbocycles. The van der Waals surface area contributed by atoms with Gasteiger partial charge in [0.05, 0.1) is 10.6 Å². The van der Waals surface area contributed by atoms with Gasteiger partial charge in [-0.3, -0.25) is 0 Å². The van der Waals surface area contributed by atoms with Crippen molar-refractivity contribution >= 4 is 9.84 Å². The molecular weight excluding hydrogens is 234 g/mol. The van der Waals surface area contributed by atoms with E-state index >= 15 is 0 Å². The fourth-order valence-corrected chi connectivity index (χ4v) is 3.33. The molecule has 4 heteroatoms. The van der Waals surface area contributed by atoms with Crippen LogP contribution >= 0.6 is 0 Å². The van der Waals surface area contributed by atoms with Crippen LogP contribution in [0.2, 0.25) is 0 Å². The summed E-state index contributed by atoms with van der Waals surface area (Å²) in [6, 6.07) is 7.05. The molecule has 0 fully saturated rings. The zero-order valence-corrected chi connectivity index (χ0v) is 11.7. The number of benzene rings is 1. The van der Waals surface area contributed by atoms with E-state index in [0.717, 1.165) is 5.56 Å². The van der Waals surface area contributed by atoms with Gasteiger partial charge in [-0.05, 0) is 37.5 Å². The Morgan fingerprint density at radius 3 is 2.00 bits per heavy atom. The van der Waals surface area contributed by atoms with Gasteiger partial charge in [-0.15, -0.1) is 0 Å². The van der Waals surface area contributed by atoms with Gasteiger partial charge in [0, 0.05) is 5.54 Å². The molecule has 0 atom stereocenters. The SMILES string of the molecule is CC(C)c1ccc(S(=O)(=O)CC(C)(C)N)cc1. The molecule has 1 aromatic carbocycles. The molecule has 3 nitrogen and oxygen atoms in total. The molecule has 96 valence electrons. The second-order valence-electron chi connectivity index (χ2n) is 5.47. The van der Waals surface area contributed by atoms with Crippen LogP contribution in [0.15, 0.2) is 29.2 Å². The first-order chi connectivity index (χ1) is 7.62. The maximum atomic E-state index is 12.0. The lowest BCUT2D eigenvalue weighted by Crippen LogP contribution is -2.39. The molecule has 0 spiro atoms. The van der Waals surface area contributed by atoms with E-state index < -0.39 is 15.4 Å². The van der Waals surface area contributed by atoms with E-state index in [-0.39, 0.29) is 5.75 Å². The van der Waals surface area contributed by atoms with Crippen LogP contribution in [-0.4, -0.2) is 19.7 Å². The summed E-state index contributed by atoms with van der Waals surface area (Å²) in [5.41, 5.74) is 6.18. The maximum absolute atomic E-state index is 12.0. The van der Waals surface area contributed by atoms with Crippen molar-refractivity contribution in [2.75, 3.05) is 5.75 Å². The molecule has 0 radical (unpaired) electrons. The topological polar surface area (TPSA) is 60.2 Å². The van der Waals surface area contributed by atoms with Gasteiger partial charge in [-0.25, -0.2) is 8.42 Å². The molecule has 1 aromatic rings. The lowest BCUT2D eigenvalue weighted by Gasteiger charge is -2.18. The summed E-state index contributed by atoms with van der Waals surface area (Å²) >= 11 is 0. The van der Waals surface area contributed by atoms with Gasteiger partial charge in [0.1, 0.15) is 0 Å². The van der Waals surface area contributed by atoms with E-state index in [4.69, 9.17) is 5.73 Å². The number of rotatable bonds is 4. The van der Waals surface area contributed by atoms with Crippen molar-refractivity contribution in [2.24, 2.45) is 5.73 Å². The Morgan fingerprint density at radius 2 is 1.65 bits per heavy atom. The first-order valence-electron chi connectivity index (χ1n) is 5.73. The fourth-order valence-electron chi connectivity index (χ4n) is 1.63. The highest BCUT2D eigenvalue weighted by molar-refractivity contribution is 7.91. The summed E-state index contributed by atoms with van der Waals surface area (Å²) < 4.78 is 24.1. The largest absolute Gasteiger partial charge is 0.325 e. The van der Waals surface area contributed by atoms with Crippen molar-refractivity contribution < 1.29 is 8.42 Å². The van der Waals surface area contributed by atoms with E-state index in [1.54, 1.807) is 26.0 Å². The van der Waals surface area contributed by atoms with Gasteiger partial charge < -0.3 is 5.73 Å². The normalized spacial score (nSPS) is 13.1. The molecule has 17 heavy (non-hydrogen) atoms. The number of hydrogen-bond acceptors (Lipinski definition) is 3. The summed E-state index contributed by atoms with van der Waals surface area (Å²) in [7, 11) is -3.29. The minimum atomic E-state index is -3.29. The van der Waals surface area contributed by atoms with Crippen molar-refractivity contribution in [2.45, 2.75) is 44.0 Å². The molecule has 0 unspecified atom stereocenters. The Bertz CT molecular complexity index is 467. The Balaban J connectivity index is 3.01. The predicted octanol–water partition coefficient (Wildman–Crippen LogP) is 2.32. The second kappa shape index (κ2) is 4.78. The van der Waals surface area contributed by atoms with E-state index in [9.17, 15) is 8.42 Å². The summed E-state index contributed by atoms with van der Waals surface area (Å²) in [6.07, 6.45) is 0. The molecule has 0 saturated heterocycles. The summed E-state index contributed by atoms with van der Waals surface area (Å²) in [5.74, 6) is 0.360. The van der Waals surface area contributed by atoms with Gasteiger partial charge >= 0.3 is 0 Å². The highest BCUT2D eigenvalue weighted by Gasteiger charge is 2.23. The third kappa shape index (κ3) is 4.13. The van der Waals surface area contributed by atoms with Crippen LogP contribution in [0.4, 0.5) is 0 Å². The van der Waals surface area contributed by atoms with Crippen LogP contribution in [0.5, 0.6) is 0 Å². The van der Waals surface area contributed by atoms with Gasteiger partial charge in [0.2, 0.25) is 0 Å². The summed E-state index contributed by atoms with van der Waals surface area (Å²) in [4.78, 5) is 0.348. The minimum absolute atomic E-state index is 0.0406. The van der Waals surface area contributed by atoms with Crippen molar-refractivity contribution in [1.82, 2.24) is 0 Å². The van der Waals surface area contributed by atoms with Crippen molar-refractivity contribution in [3.63, 3.8) is 0 Å². The Hall–Kier alpha value is -0.870. The van der Waals surface area contributed by atoms with Crippen LogP contribution in [-0.2, 0) is 9.84 Å². The molecule has 1 rings (SSSR count). The van der Waals surface area contributed by atoms with Gasteiger partial charge in [0.15, 0.2) is 9.84 Å². The molecule has 0 amide bonds. The zero-order chi connectivity index (χ0) is 13.3. The van der Waals surface area contributed by atoms with Gasteiger partial charge in [-0.2, -0.15) is 0 Å². The Morgan fingerprint density at radius 1 is 1.18 bits per heavy atom. The predicted molar refractivity (Wildman–Crippen MR) is 70.9 cm³/mol. The van der Waals surface area contributed by atoms with Crippen LogP contribution in [0, 0.1) is 0 Å². The van der Waals surface area contributed by atoms with Crippen molar-refractivity contribution in [3.8, 4) is 0 Å². The molecule has 0 aromatic heterocycles.